The van der Waals surface area contributed by atoms with Gasteiger partial charge in [0, 0.05) is 48.1 Å². The smallest absolute Gasteiger partial charge is 0.304 e. The first-order valence-corrected chi connectivity index (χ1v) is 15.1. The van der Waals surface area contributed by atoms with Gasteiger partial charge in [0.05, 0.1) is 12.1 Å². The van der Waals surface area contributed by atoms with Crippen molar-refractivity contribution in [2.45, 2.75) is 70.3 Å². The maximum Gasteiger partial charge on any atom is 0.304 e. The van der Waals surface area contributed by atoms with Crippen molar-refractivity contribution >= 4 is 40.1 Å². The summed E-state index contributed by atoms with van der Waals surface area (Å²) in [5.41, 5.74) is 4.72. The number of fused-ring (bicyclic) bond motifs is 1. The number of carboxylic acid groups (broad SMARTS) is 1. The largest absolute Gasteiger partial charge is 0.481 e. The van der Waals surface area contributed by atoms with E-state index >= 15 is 0 Å². The summed E-state index contributed by atoms with van der Waals surface area (Å²) in [6, 6.07) is 10.2. The minimum Gasteiger partial charge on any atom is -0.481 e. The van der Waals surface area contributed by atoms with E-state index in [9.17, 15) is 19.5 Å². The molecule has 2 fully saturated rings. The molecule has 2 saturated carbocycles. The third-order valence-electron chi connectivity index (χ3n) is 8.47. The predicted molar refractivity (Wildman–Crippen MR) is 155 cm³/mol. The summed E-state index contributed by atoms with van der Waals surface area (Å²) in [5.74, 6) is -0.325. The number of aliphatic carboxylic acids is 1. The molecule has 6 rings (SSSR count). The molecule has 0 saturated heterocycles. The second-order valence-corrected chi connectivity index (χ2v) is 12.2. The Hall–Kier alpha value is -3.59. The van der Waals surface area contributed by atoms with Gasteiger partial charge in [-0.2, -0.15) is 0 Å². The Morgan fingerprint density at radius 3 is 2.60 bits per heavy atom. The standard InChI is InChI=1S/C31H34N4O4S/c1-34-27(36)13-10-20-15-22(17-32-29(20)34)24-8-4-5-9-25(24)26-18-40-31(33-26)35(23-11-12-23)30(39)21(16-28(37)38)14-19-6-2-3-7-19/h4-5,8-9,15,17-19,21,23H,2-3,6-7,10-14,16H2,1H3,(H,37,38)/t21-/m1/s1. The first-order valence-electron chi connectivity index (χ1n) is 14.2. The number of carboxylic acids is 1. The Bertz CT molecular complexity index is 1440. The molecule has 1 aromatic carbocycles. The van der Waals surface area contributed by atoms with Gasteiger partial charge < -0.3 is 5.11 Å². The molecule has 208 valence electrons. The first kappa shape index (κ1) is 26.6. The monoisotopic (exact) mass is 558 g/mol. The van der Waals surface area contributed by atoms with E-state index in [1.54, 1.807) is 23.0 Å². The molecule has 3 heterocycles. The highest BCUT2D eigenvalue weighted by molar-refractivity contribution is 7.14. The lowest BCUT2D eigenvalue weighted by molar-refractivity contribution is -0.141. The number of thiazole rings is 1. The zero-order chi connectivity index (χ0) is 27.8. The molecule has 8 nitrogen and oxygen atoms in total. The fraction of sp³-hybridized carbons (Fsp3) is 0.452. The molecular formula is C31H34N4O4S. The molecule has 0 spiro atoms. The number of aromatic nitrogens is 2. The second-order valence-electron chi connectivity index (χ2n) is 11.3. The van der Waals surface area contributed by atoms with Crippen LogP contribution < -0.4 is 9.80 Å². The average molecular weight is 559 g/mol. The lowest BCUT2D eigenvalue weighted by Gasteiger charge is -2.26. The van der Waals surface area contributed by atoms with Gasteiger partial charge in [0.25, 0.3) is 0 Å². The Morgan fingerprint density at radius 1 is 1.12 bits per heavy atom. The molecule has 2 amide bonds. The van der Waals surface area contributed by atoms with Crippen molar-refractivity contribution in [1.82, 2.24) is 9.97 Å². The van der Waals surface area contributed by atoms with Crippen LogP contribution in [0.15, 0.2) is 41.9 Å². The van der Waals surface area contributed by atoms with Gasteiger partial charge in [0.2, 0.25) is 11.8 Å². The van der Waals surface area contributed by atoms with E-state index in [0.717, 1.165) is 66.5 Å². The average Bonchev–Trinajstić information content (AvgIpc) is 3.42. The Balaban J connectivity index is 1.30. The van der Waals surface area contributed by atoms with Crippen LogP contribution in [0.2, 0.25) is 0 Å². The van der Waals surface area contributed by atoms with Crippen LogP contribution in [0.25, 0.3) is 22.4 Å². The van der Waals surface area contributed by atoms with Gasteiger partial charge in [0.1, 0.15) is 5.82 Å². The first-order chi connectivity index (χ1) is 19.4. The third-order valence-corrected chi connectivity index (χ3v) is 9.31. The van der Waals surface area contributed by atoms with Crippen LogP contribution in [0.5, 0.6) is 0 Å². The number of carbonyl (C=O) groups excluding carboxylic acids is 2. The summed E-state index contributed by atoms with van der Waals surface area (Å²) in [6.07, 6.45) is 9.76. The number of amides is 2. The van der Waals surface area contributed by atoms with Crippen molar-refractivity contribution in [1.29, 1.82) is 0 Å². The molecule has 40 heavy (non-hydrogen) atoms. The van der Waals surface area contributed by atoms with E-state index < -0.39 is 11.9 Å². The van der Waals surface area contributed by atoms with Crippen LogP contribution in [0.1, 0.15) is 63.4 Å². The molecule has 1 N–H and O–H groups in total. The zero-order valence-electron chi connectivity index (χ0n) is 22.7. The normalized spacial score (nSPS) is 18.0. The number of anilines is 2. The Morgan fingerprint density at radius 2 is 1.88 bits per heavy atom. The van der Waals surface area contributed by atoms with Gasteiger partial charge in [-0.3, -0.25) is 24.2 Å². The van der Waals surface area contributed by atoms with Gasteiger partial charge in [0.15, 0.2) is 5.13 Å². The topological polar surface area (TPSA) is 104 Å². The van der Waals surface area contributed by atoms with E-state index in [4.69, 9.17) is 4.98 Å². The number of nitrogens with zero attached hydrogens (tertiary/aromatic N) is 4. The maximum atomic E-state index is 13.9. The van der Waals surface area contributed by atoms with Crippen molar-refractivity contribution < 1.29 is 19.5 Å². The number of benzene rings is 1. The minimum atomic E-state index is -0.921. The summed E-state index contributed by atoms with van der Waals surface area (Å²) in [4.78, 5) is 50.7. The van der Waals surface area contributed by atoms with Gasteiger partial charge in [-0.1, -0.05) is 49.9 Å². The van der Waals surface area contributed by atoms with Crippen LogP contribution in [-0.4, -0.2) is 45.9 Å². The van der Waals surface area contributed by atoms with Crippen molar-refractivity contribution in [3.8, 4) is 22.4 Å². The van der Waals surface area contributed by atoms with Gasteiger partial charge in [-0.05, 0) is 48.8 Å². The zero-order valence-corrected chi connectivity index (χ0v) is 23.5. The number of pyridine rings is 1. The van der Waals surface area contributed by atoms with E-state index in [1.807, 2.05) is 29.6 Å². The van der Waals surface area contributed by atoms with Crippen LogP contribution >= 0.6 is 11.3 Å². The minimum absolute atomic E-state index is 0.0757. The highest BCUT2D eigenvalue weighted by Gasteiger charge is 2.40. The Labute approximate surface area is 238 Å². The molecule has 2 aromatic heterocycles. The summed E-state index contributed by atoms with van der Waals surface area (Å²) in [5, 5.41) is 12.2. The van der Waals surface area contributed by atoms with Crippen LogP contribution in [0, 0.1) is 11.8 Å². The molecule has 2 aliphatic carbocycles. The highest BCUT2D eigenvalue weighted by atomic mass is 32.1. The van der Waals surface area contributed by atoms with E-state index in [-0.39, 0.29) is 24.3 Å². The molecule has 1 atom stereocenters. The fourth-order valence-corrected chi connectivity index (χ4v) is 7.11. The number of hydrogen-bond donors (Lipinski definition) is 1. The summed E-state index contributed by atoms with van der Waals surface area (Å²) < 4.78 is 0. The van der Waals surface area contributed by atoms with Crippen molar-refractivity contribution in [3.05, 3.63) is 47.5 Å². The van der Waals surface area contributed by atoms with Gasteiger partial charge in [-0.15, -0.1) is 11.3 Å². The molecule has 0 radical (unpaired) electrons. The van der Waals surface area contributed by atoms with Crippen LogP contribution in [0.4, 0.5) is 10.9 Å². The summed E-state index contributed by atoms with van der Waals surface area (Å²) in [7, 11) is 1.76. The van der Waals surface area contributed by atoms with E-state index in [2.05, 4.69) is 11.1 Å². The van der Waals surface area contributed by atoms with Crippen LogP contribution in [-0.2, 0) is 20.8 Å². The molecule has 3 aliphatic rings. The molecule has 0 bridgehead atoms. The quantitative estimate of drug-likeness (QED) is 0.348. The van der Waals surface area contributed by atoms with E-state index in [0.29, 0.717) is 36.1 Å². The SMILES string of the molecule is CN1C(=O)CCc2cc(-c3ccccc3-c3csc(N(C(=O)[C@@H](CC(=O)O)CC4CCCC4)C4CC4)n3)cnc21. The van der Waals surface area contributed by atoms with Crippen molar-refractivity contribution in [3.63, 3.8) is 0 Å². The fourth-order valence-electron chi connectivity index (χ4n) is 6.21. The molecule has 9 heteroatoms. The number of carbonyl (C=O) groups is 3. The number of hydrogen-bond acceptors (Lipinski definition) is 6. The lowest BCUT2D eigenvalue weighted by atomic mass is 9.90. The summed E-state index contributed by atoms with van der Waals surface area (Å²) >= 11 is 1.44. The van der Waals surface area contributed by atoms with Gasteiger partial charge in [-0.25, -0.2) is 9.97 Å². The molecule has 3 aromatic rings. The Kier molecular flexibility index (Phi) is 7.40. The lowest BCUT2D eigenvalue weighted by Crippen LogP contribution is -2.39. The van der Waals surface area contributed by atoms with Crippen molar-refractivity contribution in [2.24, 2.45) is 11.8 Å². The third kappa shape index (κ3) is 5.39. The molecular weight excluding hydrogens is 524 g/mol. The maximum absolute atomic E-state index is 13.9. The van der Waals surface area contributed by atoms with Gasteiger partial charge >= 0.3 is 5.97 Å². The summed E-state index contributed by atoms with van der Waals surface area (Å²) in [6.45, 7) is 0. The molecule has 0 unspecified atom stereocenters. The second kappa shape index (κ2) is 11.1. The number of rotatable bonds is 9. The number of aryl methyl sites for hydroxylation is 1. The van der Waals surface area contributed by atoms with E-state index in [1.165, 1.54) is 11.3 Å². The predicted octanol–water partition coefficient (Wildman–Crippen LogP) is 5.95. The van der Waals surface area contributed by atoms with Crippen molar-refractivity contribution in [2.75, 3.05) is 16.8 Å². The highest BCUT2D eigenvalue weighted by Crippen LogP contribution is 2.41. The van der Waals surface area contributed by atoms with Crippen LogP contribution in [0.3, 0.4) is 0 Å². The molecule has 1 aliphatic heterocycles.